The number of aliphatic hydroxyl groups is 1. The Hall–Kier alpha value is -0.360. The molecule has 5 nitrogen and oxygen atoms in total. The van der Waals surface area contributed by atoms with Crippen molar-refractivity contribution in [1.82, 2.24) is 0 Å². The number of ketones is 2. The van der Waals surface area contributed by atoms with Gasteiger partial charge in [-0.3, -0.25) is 14.4 Å². The van der Waals surface area contributed by atoms with Gasteiger partial charge in [0.25, 0.3) is 0 Å². The lowest BCUT2D eigenvalue weighted by atomic mass is 9.44. The van der Waals surface area contributed by atoms with Gasteiger partial charge in [0.05, 0.1) is 6.10 Å². The molecule has 1 N–H and O–H groups in total. The van der Waals surface area contributed by atoms with Crippen LogP contribution in [0, 0.1) is 28.6 Å². The quantitative estimate of drug-likeness (QED) is 0.213. The molecular weight excluding hydrogens is 677 g/mol. The number of hydrogen-bond donors (Lipinski definition) is 1. The predicted molar refractivity (Wildman–Crippen MR) is 148 cm³/mol. The number of rotatable bonds is 6. The Balaban J connectivity index is 1.82. The van der Waals surface area contributed by atoms with Gasteiger partial charge in [-0.15, -0.1) is 0 Å². The number of ether oxygens (including phenoxy) is 1. The Bertz CT molecular complexity index is 994. The predicted octanol–water partition coefficient (Wildman–Crippen LogP) is 5.84. The summed E-state index contributed by atoms with van der Waals surface area (Å²) >= 11 is 4.12. The molecule has 1 unspecified atom stereocenters. The molecule has 4 aliphatic rings. The van der Waals surface area contributed by atoms with Crippen LogP contribution in [0.4, 0.5) is 4.39 Å². The number of halogens is 3. The third-order valence-electron chi connectivity index (χ3n) is 9.75. The van der Waals surface area contributed by atoms with Crippen LogP contribution in [0.15, 0.2) is 23.8 Å². The van der Waals surface area contributed by atoms with Crippen molar-refractivity contribution < 1.29 is 28.6 Å². The molecule has 3 fully saturated rings. The molecule has 0 spiro atoms. The molecule has 0 aromatic carbocycles. The van der Waals surface area contributed by atoms with Crippen LogP contribution < -0.4 is 0 Å². The number of carbonyl (C=O) groups is 3. The fourth-order valence-electron chi connectivity index (χ4n) is 8.04. The van der Waals surface area contributed by atoms with E-state index in [1.807, 2.05) is 20.8 Å². The zero-order valence-electron chi connectivity index (χ0n) is 20.8. The van der Waals surface area contributed by atoms with Crippen LogP contribution in [-0.4, -0.2) is 41.9 Å². The third kappa shape index (κ3) is 3.76. The molecule has 8 atom stereocenters. The van der Waals surface area contributed by atoms with E-state index in [1.54, 1.807) is 13.0 Å². The molecule has 0 heterocycles. The van der Waals surface area contributed by atoms with Crippen molar-refractivity contribution in [2.45, 2.75) is 91.9 Å². The van der Waals surface area contributed by atoms with Crippen molar-refractivity contribution >= 4 is 62.7 Å². The van der Waals surface area contributed by atoms with Crippen LogP contribution in [0.3, 0.4) is 0 Å². The summed E-state index contributed by atoms with van der Waals surface area (Å²) in [5, 5.41) is 11.6. The molecule has 194 valence electrons. The molecular formula is C27H35FI2O5. The van der Waals surface area contributed by atoms with Crippen molar-refractivity contribution in [2.75, 3.05) is 0 Å². The van der Waals surface area contributed by atoms with Crippen molar-refractivity contribution in [3.05, 3.63) is 23.8 Å². The lowest BCUT2D eigenvalue weighted by Gasteiger charge is -2.62. The third-order valence-corrected chi connectivity index (χ3v) is 10.9. The molecule has 0 saturated heterocycles. The van der Waals surface area contributed by atoms with Gasteiger partial charge in [0.15, 0.2) is 22.8 Å². The van der Waals surface area contributed by atoms with Gasteiger partial charge in [-0.1, -0.05) is 84.0 Å². The first-order valence-corrected chi connectivity index (χ1v) is 15.1. The Kier molecular flexibility index (Phi) is 7.46. The molecule has 0 aliphatic heterocycles. The molecule has 0 amide bonds. The number of carbonyl (C=O) groups excluding carboxylic acids is 3. The Labute approximate surface area is 234 Å². The Morgan fingerprint density at radius 3 is 2.60 bits per heavy atom. The Morgan fingerprint density at radius 1 is 1.29 bits per heavy atom. The average molecular weight is 712 g/mol. The van der Waals surface area contributed by atoms with E-state index >= 15 is 4.39 Å². The number of aliphatic hydroxyl groups excluding tert-OH is 1. The number of Topliss-reactive ketones (excluding diaryl/α,β-unsaturated/α-hetero) is 1. The van der Waals surface area contributed by atoms with Crippen LogP contribution in [-0.2, 0) is 19.1 Å². The van der Waals surface area contributed by atoms with E-state index in [4.69, 9.17) is 4.74 Å². The van der Waals surface area contributed by atoms with Gasteiger partial charge in [0.2, 0.25) is 0 Å². The van der Waals surface area contributed by atoms with Crippen LogP contribution in [0.5, 0.6) is 0 Å². The number of hydrogen-bond acceptors (Lipinski definition) is 5. The zero-order chi connectivity index (χ0) is 26.0. The standard InChI is InChI=1S/C27H35FI2O5/c1-5-6-7-21(33)35-27(22(34)23(29)30)15(2)12-19-18-9-8-16-13-17(31)10-11-24(16,3)26(18,28)20(32)14-25(19,27)4/h10-11,13,15,18-20,23,32H,5-9,12,14H2,1-4H3/t15-,18-,19-,20-,24-,25-,26?,27+/m0/s1. The summed E-state index contributed by atoms with van der Waals surface area (Å²) in [7, 11) is 0. The highest BCUT2D eigenvalue weighted by Gasteiger charge is 2.77. The highest BCUT2D eigenvalue weighted by molar-refractivity contribution is 14.2. The van der Waals surface area contributed by atoms with Gasteiger partial charge in [0.1, 0.15) is 1.93 Å². The maximum Gasteiger partial charge on any atom is 0.306 e. The van der Waals surface area contributed by atoms with E-state index in [-0.39, 0.29) is 36.2 Å². The number of unbranched alkanes of at least 4 members (excludes halogenated alkanes) is 1. The largest absolute Gasteiger partial charge is 0.450 e. The fraction of sp³-hybridized carbons (Fsp3) is 0.741. The van der Waals surface area contributed by atoms with Gasteiger partial charge >= 0.3 is 5.97 Å². The normalized spacial score (nSPS) is 44.4. The van der Waals surface area contributed by atoms with Crippen LogP contribution >= 0.6 is 45.2 Å². The first kappa shape index (κ1) is 27.7. The molecule has 35 heavy (non-hydrogen) atoms. The van der Waals surface area contributed by atoms with E-state index in [1.165, 1.54) is 12.2 Å². The van der Waals surface area contributed by atoms with Crippen LogP contribution in [0.2, 0.25) is 0 Å². The second kappa shape index (κ2) is 9.43. The summed E-state index contributed by atoms with van der Waals surface area (Å²) < 4.78 is 23.2. The molecule has 0 radical (unpaired) electrons. The molecule has 4 aliphatic carbocycles. The van der Waals surface area contributed by atoms with E-state index in [0.29, 0.717) is 25.7 Å². The first-order chi connectivity index (χ1) is 16.3. The first-order valence-electron chi connectivity index (χ1n) is 12.6. The summed E-state index contributed by atoms with van der Waals surface area (Å²) in [6, 6.07) is 0. The monoisotopic (exact) mass is 712 g/mol. The van der Waals surface area contributed by atoms with Crippen LogP contribution in [0.25, 0.3) is 0 Å². The molecule has 0 bridgehead atoms. The van der Waals surface area contributed by atoms with Gasteiger partial charge in [0, 0.05) is 29.1 Å². The summed E-state index contributed by atoms with van der Waals surface area (Å²) in [5.74, 6) is -1.78. The Morgan fingerprint density at radius 2 is 1.97 bits per heavy atom. The summed E-state index contributed by atoms with van der Waals surface area (Å²) in [6.45, 7) is 7.64. The second-order valence-corrected chi connectivity index (χ2v) is 16.3. The van der Waals surface area contributed by atoms with E-state index in [0.717, 1.165) is 12.0 Å². The highest BCUT2D eigenvalue weighted by atomic mass is 127. The molecule has 0 aromatic heterocycles. The molecule has 0 aromatic rings. The average Bonchev–Trinajstić information content (AvgIpc) is 3.00. The fourth-order valence-corrected chi connectivity index (χ4v) is 8.96. The maximum atomic E-state index is 17.4. The van der Waals surface area contributed by atoms with E-state index in [9.17, 15) is 19.5 Å². The highest BCUT2D eigenvalue weighted by Crippen LogP contribution is 2.71. The van der Waals surface area contributed by atoms with Gasteiger partial charge in [-0.25, -0.2) is 4.39 Å². The number of esters is 1. The molecule has 3 saturated carbocycles. The smallest absolute Gasteiger partial charge is 0.306 e. The van der Waals surface area contributed by atoms with Gasteiger partial charge < -0.3 is 9.84 Å². The number of fused-ring (bicyclic) bond motifs is 5. The summed E-state index contributed by atoms with van der Waals surface area (Å²) in [6.07, 6.45) is 6.55. The minimum atomic E-state index is -1.97. The molecule has 4 rings (SSSR count). The van der Waals surface area contributed by atoms with Crippen molar-refractivity contribution in [2.24, 2.45) is 28.6 Å². The lowest BCUT2D eigenvalue weighted by Crippen LogP contribution is -2.70. The minimum Gasteiger partial charge on any atom is -0.450 e. The topological polar surface area (TPSA) is 80.7 Å². The van der Waals surface area contributed by atoms with E-state index in [2.05, 4.69) is 45.2 Å². The lowest BCUT2D eigenvalue weighted by molar-refractivity contribution is -0.227. The summed E-state index contributed by atoms with van der Waals surface area (Å²) in [4.78, 5) is 38.9. The molecule has 8 heteroatoms. The van der Waals surface area contributed by atoms with Crippen molar-refractivity contribution in [1.29, 1.82) is 0 Å². The summed E-state index contributed by atoms with van der Waals surface area (Å²) in [5.41, 5.74) is -4.64. The zero-order valence-corrected chi connectivity index (χ0v) is 25.1. The van der Waals surface area contributed by atoms with Gasteiger partial charge in [-0.05, 0) is 57.1 Å². The second-order valence-electron chi connectivity index (χ2n) is 11.4. The van der Waals surface area contributed by atoms with Crippen LogP contribution in [0.1, 0.15) is 72.6 Å². The van der Waals surface area contributed by atoms with E-state index < -0.39 is 42.0 Å². The minimum absolute atomic E-state index is 0.0203. The van der Waals surface area contributed by atoms with Crippen molar-refractivity contribution in [3.8, 4) is 0 Å². The van der Waals surface area contributed by atoms with Gasteiger partial charge in [-0.2, -0.15) is 0 Å². The number of alkyl halides is 3. The maximum absolute atomic E-state index is 17.4. The van der Waals surface area contributed by atoms with Crippen molar-refractivity contribution in [3.63, 3.8) is 0 Å². The number of allylic oxidation sites excluding steroid dienone is 4. The SMILES string of the molecule is CCCCC(=O)O[C@@]1(C(=O)C(I)I)[C@@H](C)C[C@H]2[C@@H]3CCC4=CC(=O)C=C[C@]4(C)C3(F)[C@@H](O)C[C@@]21C.